The maximum atomic E-state index is 6.47. The molecule has 0 saturated carbocycles. The van der Waals surface area contributed by atoms with Crippen molar-refractivity contribution in [3.8, 4) is 33.4 Å². The first-order valence-corrected chi connectivity index (χ1v) is 22.6. The van der Waals surface area contributed by atoms with Crippen LogP contribution in [0.2, 0.25) is 0 Å². The van der Waals surface area contributed by atoms with Gasteiger partial charge in [0.2, 0.25) is 0 Å². The summed E-state index contributed by atoms with van der Waals surface area (Å²) < 4.78 is 6.47. The second-order valence-corrected chi connectivity index (χ2v) is 19.2. The Kier molecular flexibility index (Phi) is 8.55. The number of hydrogen-bond acceptors (Lipinski definition) is 2. The van der Waals surface area contributed by atoms with Crippen molar-refractivity contribution in [1.29, 1.82) is 0 Å². The second kappa shape index (κ2) is 14.3. The van der Waals surface area contributed by atoms with Crippen LogP contribution in [0.25, 0.3) is 55.3 Å². The lowest BCUT2D eigenvalue weighted by Crippen LogP contribution is -2.29. The van der Waals surface area contributed by atoms with Gasteiger partial charge in [-0.2, -0.15) is 0 Å². The lowest BCUT2D eigenvalue weighted by Gasteiger charge is -2.35. The topological polar surface area (TPSA) is 16.4 Å². The van der Waals surface area contributed by atoms with E-state index in [4.69, 9.17) is 4.42 Å². The summed E-state index contributed by atoms with van der Waals surface area (Å²) in [7, 11) is 0. The van der Waals surface area contributed by atoms with Gasteiger partial charge in [0.1, 0.15) is 11.2 Å². The van der Waals surface area contributed by atoms with Crippen molar-refractivity contribution in [1.82, 2.24) is 0 Å². The van der Waals surface area contributed by atoms with Crippen LogP contribution < -0.4 is 4.90 Å². The third-order valence-electron chi connectivity index (χ3n) is 14.3. The molecule has 1 aromatic heterocycles. The standard InChI is InChI=1S/C62H49NO/c1-60(2)40-61(3,4)55-39-53-51(38-54(55)60)49-35-32-44(37-52(49)62(53,45-21-10-6-11-22-45)46-23-12-7-13-24-46)43-20-16-25-48(36-43)63(47-33-30-42(31-34-47)41-18-8-5-9-19-41)56-27-17-29-58-59(56)50-26-14-15-28-57(50)64-58/h5-39H,40H2,1-4H3. The molecule has 0 bridgehead atoms. The van der Waals surface area contributed by atoms with Gasteiger partial charge in [-0.25, -0.2) is 0 Å². The molecule has 12 rings (SSSR count). The number of hydrogen-bond donors (Lipinski definition) is 0. The van der Waals surface area contributed by atoms with Crippen LogP contribution in [0, 0.1) is 0 Å². The van der Waals surface area contributed by atoms with Crippen molar-refractivity contribution >= 4 is 39.0 Å². The molecule has 0 amide bonds. The second-order valence-electron chi connectivity index (χ2n) is 19.2. The van der Waals surface area contributed by atoms with Crippen LogP contribution in [0.4, 0.5) is 17.1 Å². The van der Waals surface area contributed by atoms with Crippen LogP contribution in [0.3, 0.4) is 0 Å². The molecule has 1 heterocycles. The van der Waals surface area contributed by atoms with E-state index in [0.717, 1.165) is 51.0 Å². The highest BCUT2D eigenvalue weighted by atomic mass is 16.3. The lowest BCUT2D eigenvalue weighted by atomic mass is 9.66. The molecule has 0 radical (unpaired) electrons. The molecule has 0 spiro atoms. The van der Waals surface area contributed by atoms with Crippen LogP contribution >= 0.6 is 0 Å². The van der Waals surface area contributed by atoms with Crippen molar-refractivity contribution < 1.29 is 4.42 Å². The van der Waals surface area contributed by atoms with Gasteiger partial charge in [-0.3, -0.25) is 0 Å². The number of furan rings is 1. The van der Waals surface area contributed by atoms with Gasteiger partial charge in [0, 0.05) is 16.8 Å². The monoisotopic (exact) mass is 823 g/mol. The molecule has 0 N–H and O–H groups in total. The highest BCUT2D eigenvalue weighted by Crippen LogP contribution is 2.60. The van der Waals surface area contributed by atoms with Crippen molar-refractivity contribution in [3.05, 3.63) is 246 Å². The highest BCUT2D eigenvalue weighted by molar-refractivity contribution is 6.13. The zero-order valence-corrected chi connectivity index (χ0v) is 36.8. The summed E-state index contributed by atoms with van der Waals surface area (Å²) >= 11 is 0. The largest absolute Gasteiger partial charge is 0.456 e. The smallest absolute Gasteiger partial charge is 0.137 e. The molecule has 2 aliphatic rings. The van der Waals surface area contributed by atoms with Crippen LogP contribution in [0.1, 0.15) is 67.5 Å². The van der Waals surface area contributed by atoms with E-state index >= 15 is 0 Å². The molecule has 0 aliphatic heterocycles. The Hall–Kier alpha value is -7.42. The Morgan fingerprint density at radius 1 is 0.391 bits per heavy atom. The molecule has 0 fully saturated rings. The van der Waals surface area contributed by atoms with Gasteiger partial charge in [-0.1, -0.05) is 185 Å². The zero-order valence-electron chi connectivity index (χ0n) is 36.8. The molecule has 2 aliphatic carbocycles. The first kappa shape index (κ1) is 38.3. The SMILES string of the molecule is CC1(C)CC(C)(C)c2cc3c(cc21)-c1ccc(-c2cccc(N(c4ccc(-c5ccccc5)cc4)c4cccc5oc6ccccc6c45)c2)cc1C3(c1ccccc1)c1ccccc1. The Balaban J connectivity index is 1.07. The molecule has 0 atom stereocenters. The fourth-order valence-electron chi connectivity index (χ4n) is 11.8. The predicted octanol–water partition coefficient (Wildman–Crippen LogP) is 16.7. The minimum Gasteiger partial charge on any atom is -0.456 e. The fraction of sp³-hybridized carbons (Fsp3) is 0.129. The van der Waals surface area contributed by atoms with Crippen molar-refractivity contribution in [2.75, 3.05) is 4.90 Å². The number of fused-ring (bicyclic) bond motifs is 7. The quantitative estimate of drug-likeness (QED) is 0.159. The number of anilines is 3. The van der Waals surface area contributed by atoms with Crippen molar-refractivity contribution in [2.45, 2.75) is 50.4 Å². The van der Waals surface area contributed by atoms with Gasteiger partial charge in [0.15, 0.2) is 0 Å². The van der Waals surface area contributed by atoms with Gasteiger partial charge in [-0.05, 0) is 139 Å². The summed E-state index contributed by atoms with van der Waals surface area (Å²) in [5, 5.41) is 2.20. The van der Waals surface area contributed by atoms with E-state index in [1.54, 1.807) is 0 Å². The van der Waals surface area contributed by atoms with Gasteiger partial charge in [0.05, 0.1) is 16.5 Å². The van der Waals surface area contributed by atoms with Crippen molar-refractivity contribution in [3.63, 3.8) is 0 Å². The first-order chi connectivity index (χ1) is 31.2. The average Bonchev–Trinajstić information content (AvgIpc) is 3.92. The van der Waals surface area contributed by atoms with E-state index in [0.29, 0.717) is 0 Å². The molecule has 308 valence electrons. The Morgan fingerprint density at radius 3 is 1.66 bits per heavy atom. The molecule has 9 aromatic carbocycles. The molecule has 0 saturated heterocycles. The zero-order chi connectivity index (χ0) is 43.2. The van der Waals surface area contributed by atoms with E-state index in [1.807, 2.05) is 6.07 Å². The number of nitrogens with zero attached hydrogens (tertiary/aromatic N) is 1. The molecule has 2 nitrogen and oxygen atoms in total. The van der Waals surface area contributed by atoms with E-state index in [1.165, 1.54) is 61.2 Å². The average molecular weight is 824 g/mol. The summed E-state index contributed by atoms with van der Waals surface area (Å²) in [6.45, 7) is 9.72. The third-order valence-corrected chi connectivity index (χ3v) is 14.3. The molecular formula is C62H49NO. The molecule has 10 aromatic rings. The van der Waals surface area contributed by atoms with E-state index in [9.17, 15) is 0 Å². The molecule has 2 heteroatoms. The lowest BCUT2D eigenvalue weighted by molar-refractivity contribution is 0.403. The third kappa shape index (κ3) is 5.78. The predicted molar refractivity (Wildman–Crippen MR) is 267 cm³/mol. The first-order valence-electron chi connectivity index (χ1n) is 22.6. The van der Waals surface area contributed by atoms with Gasteiger partial charge in [0.25, 0.3) is 0 Å². The van der Waals surface area contributed by atoms with Crippen LogP contribution in [-0.4, -0.2) is 0 Å². The minimum absolute atomic E-state index is 0.0637. The minimum atomic E-state index is -0.511. The molecular weight excluding hydrogens is 775 g/mol. The summed E-state index contributed by atoms with van der Waals surface area (Å²) in [4.78, 5) is 2.40. The van der Waals surface area contributed by atoms with E-state index in [2.05, 4.69) is 239 Å². The van der Waals surface area contributed by atoms with E-state index in [-0.39, 0.29) is 10.8 Å². The van der Waals surface area contributed by atoms with Gasteiger partial charge >= 0.3 is 0 Å². The van der Waals surface area contributed by atoms with Crippen LogP contribution in [0.15, 0.2) is 217 Å². The Bertz CT molecular complexity index is 3350. The summed E-state index contributed by atoms with van der Waals surface area (Å²) in [6, 6.07) is 78.3. The fourth-order valence-corrected chi connectivity index (χ4v) is 11.8. The number of rotatable bonds is 7. The summed E-state index contributed by atoms with van der Waals surface area (Å²) in [5.74, 6) is 0. The summed E-state index contributed by atoms with van der Waals surface area (Å²) in [5.41, 5.74) is 20.2. The van der Waals surface area contributed by atoms with Crippen molar-refractivity contribution in [2.24, 2.45) is 0 Å². The normalized spacial score (nSPS) is 15.2. The Labute approximate surface area is 376 Å². The number of benzene rings is 9. The molecule has 0 unspecified atom stereocenters. The maximum Gasteiger partial charge on any atom is 0.137 e. The van der Waals surface area contributed by atoms with Gasteiger partial charge in [-0.15, -0.1) is 0 Å². The maximum absolute atomic E-state index is 6.47. The Morgan fingerprint density at radius 2 is 0.938 bits per heavy atom. The van der Waals surface area contributed by atoms with Crippen LogP contribution in [0.5, 0.6) is 0 Å². The summed E-state index contributed by atoms with van der Waals surface area (Å²) in [6.07, 6.45) is 1.13. The number of para-hydroxylation sites is 1. The molecule has 64 heavy (non-hydrogen) atoms. The highest BCUT2D eigenvalue weighted by Gasteiger charge is 2.50. The van der Waals surface area contributed by atoms with E-state index < -0.39 is 5.41 Å². The van der Waals surface area contributed by atoms with Crippen LogP contribution in [-0.2, 0) is 16.2 Å². The van der Waals surface area contributed by atoms with Gasteiger partial charge < -0.3 is 9.32 Å².